The molecule has 110 valence electrons. The molecule has 0 unspecified atom stereocenters. The molecular weight excluding hydrogens is 258 g/mol. The van der Waals surface area contributed by atoms with Gasteiger partial charge >= 0.3 is 0 Å². The molecule has 1 aliphatic heterocycles. The summed E-state index contributed by atoms with van der Waals surface area (Å²) in [5, 5.41) is 0. The van der Waals surface area contributed by atoms with Gasteiger partial charge in [-0.1, -0.05) is 60.7 Å². The molecule has 0 atom stereocenters. The van der Waals surface area contributed by atoms with Crippen molar-refractivity contribution in [3.8, 4) is 0 Å². The fourth-order valence-corrected chi connectivity index (χ4v) is 3.32. The molecule has 2 nitrogen and oxygen atoms in total. The normalized spacial score (nSPS) is 17.7. The summed E-state index contributed by atoms with van der Waals surface area (Å²) in [6, 6.07) is 21.8. The van der Waals surface area contributed by atoms with Crippen LogP contribution in [0.2, 0.25) is 0 Å². The van der Waals surface area contributed by atoms with E-state index < -0.39 is 0 Å². The third kappa shape index (κ3) is 3.02. The number of hydrogen-bond donors (Lipinski definition) is 0. The molecule has 1 heterocycles. The van der Waals surface area contributed by atoms with Gasteiger partial charge in [0, 0.05) is 19.7 Å². The van der Waals surface area contributed by atoms with Gasteiger partial charge in [0.05, 0.1) is 11.6 Å². The fourth-order valence-electron chi connectivity index (χ4n) is 3.32. The van der Waals surface area contributed by atoms with Crippen molar-refractivity contribution in [2.75, 3.05) is 19.7 Å². The van der Waals surface area contributed by atoms with E-state index in [-0.39, 0.29) is 5.60 Å². The van der Waals surface area contributed by atoms with Crippen LogP contribution in [0.15, 0.2) is 60.7 Å². The van der Waals surface area contributed by atoms with Gasteiger partial charge in [-0.25, -0.2) is 0 Å². The third-order valence-electron chi connectivity index (χ3n) is 4.16. The molecule has 1 saturated heterocycles. The summed E-state index contributed by atoms with van der Waals surface area (Å²) in [4.78, 5) is 2.50. The maximum atomic E-state index is 5.88. The molecule has 0 saturated carbocycles. The zero-order valence-electron chi connectivity index (χ0n) is 12.8. The average Bonchev–Trinajstić information content (AvgIpc) is 2.48. The molecule has 0 aliphatic carbocycles. The Morgan fingerprint density at radius 1 is 0.952 bits per heavy atom. The Hall–Kier alpha value is -1.64. The van der Waals surface area contributed by atoms with Gasteiger partial charge in [0.2, 0.25) is 0 Å². The van der Waals surface area contributed by atoms with Crippen molar-refractivity contribution < 1.29 is 4.74 Å². The minimum absolute atomic E-state index is 0.0105. The van der Waals surface area contributed by atoms with E-state index in [0.29, 0.717) is 6.04 Å². The van der Waals surface area contributed by atoms with Gasteiger partial charge in [-0.2, -0.15) is 0 Å². The standard InChI is InChI=1S/C19H23NO/c1-3-21-19(2)14-20(15-19)18(16-10-6-4-7-11-16)17-12-8-5-9-13-17/h4-13,18H,3,14-15H2,1-2H3. The predicted molar refractivity (Wildman–Crippen MR) is 86.3 cm³/mol. The minimum atomic E-state index is 0.0105. The predicted octanol–water partition coefficient (Wildman–Crippen LogP) is 3.89. The minimum Gasteiger partial charge on any atom is -0.373 e. The van der Waals surface area contributed by atoms with Crippen molar-refractivity contribution in [1.29, 1.82) is 0 Å². The van der Waals surface area contributed by atoms with Gasteiger partial charge in [0.1, 0.15) is 0 Å². The van der Waals surface area contributed by atoms with Crippen LogP contribution in [0.4, 0.5) is 0 Å². The Bertz CT molecular complexity index is 521. The van der Waals surface area contributed by atoms with Crippen LogP contribution in [-0.4, -0.2) is 30.2 Å². The summed E-state index contributed by atoms with van der Waals surface area (Å²) in [6.45, 7) is 7.02. The highest BCUT2D eigenvalue weighted by Crippen LogP contribution is 2.37. The number of rotatable bonds is 5. The summed E-state index contributed by atoms with van der Waals surface area (Å²) in [7, 11) is 0. The lowest BCUT2D eigenvalue weighted by Crippen LogP contribution is -2.62. The Kier molecular flexibility index (Phi) is 4.09. The van der Waals surface area contributed by atoms with Gasteiger partial charge in [-0.3, -0.25) is 4.90 Å². The quantitative estimate of drug-likeness (QED) is 0.824. The molecule has 2 aromatic rings. The van der Waals surface area contributed by atoms with Gasteiger partial charge in [0.15, 0.2) is 0 Å². The molecule has 0 amide bonds. The first-order chi connectivity index (χ1) is 10.2. The summed E-state index contributed by atoms with van der Waals surface area (Å²) < 4.78 is 5.88. The lowest BCUT2D eigenvalue weighted by atomic mass is 9.88. The van der Waals surface area contributed by atoms with E-state index in [1.54, 1.807) is 0 Å². The van der Waals surface area contributed by atoms with Gasteiger partial charge < -0.3 is 4.74 Å². The molecule has 2 aromatic carbocycles. The van der Waals surface area contributed by atoms with Crippen LogP contribution >= 0.6 is 0 Å². The second-order valence-corrected chi connectivity index (χ2v) is 6.01. The fraction of sp³-hybridized carbons (Fsp3) is 0.368. The number of benzene rings is 2. The van der Waals surface area contributed by atoms with Crippen molar-refractivity contribution in [3.05, 3.63) is 71.8 Å². The second kappa shape index (κ2) is 6.00. The molecule has 0 aromatic heterocycles. The molecule has 0 spiro atoms. The van der Waals surface area contributed by atoms with Gasteiger partial charge in [-0.05, 0) is 25.0 Å². The second-order valence-electron chi connectivity index (χ2n) is 6.01. The van der Waals surface area contributed by atoms with E-state index in [9.17, 15) is 0 Å². The molecule has 0 N–H and O–H groups in total. The summed E-state index contributed by atoms with van der Waals surface area (Å²) in [6.07, 6.45) is 0. The van der Waals surface area contributed by atoms with E-state index in [1.807, 2.05) is 0 Å². The SMILES string of the molecule is CCOC1(C)CN(C(c2ccccc2)c2ccccc2)C1. The topological polar surface area (TPSA) is 12.5 Å². The molecule has 0 radical (unpaired) electrons. The maximum Gasteiger partial charge on any atom is 0.0907 e. The smallest absolute Gasteiger partial charge is 0.0907 e. The molecule has 3 rings (SSSR count). The van der Waals surface area contributed by atoms with Crippen LogP contribution in [0.1, 0.15) is 31.0 Å². The Morgan fingerprint density at radius 3 is 1.86 bits per heavy atom. The summed E-state index contributed by atoms with van der Waals surface area (Å²) in [5.74, 6) is 0. The first kappa shape index (κ1) is 14.3. The Morgan fingerprint density at radius 2 is 1.43 bits per heavy atom. The number of likely N-dealkylation sites (tertiary alicyclic amines) is 1. The van der Waals surface area contributed by atoms with E-state index >= 15 is 0 Å². The molecular formula is C19H23NO. The maximum absolute atomic E-state index is 5.88. The molecule has 2 heteroatoms. The summed E-state index contributed by atoms with van der Waals surface area (Å²) >= 11 is 0. The molecule has 1 fully saturated rings. The largest absolute Gasteiger partial charge is 0.373 e. The van der Waals surface area contributed by atoms with Crippen LogP contribution < -0.4 is 0 Å². The van der Waals surface area contributed by atoms with Crippen LogP contribution in [0, 0.1) is 0 Å². The molecule has 21 heavy (non-hydrogen) atoms. The summed E-state index contributed by atoms with van der Waals surface area (Å²) in [5.41, 5.74) is 2.71. The van der Waals surface area contributed by atoms with Crippen molar-refractivity contribution in [2.45, 2.75) is 25.5 Å². The van der Waals surface area contributed by atoms with Crippen LogP contribution in [0.25, 0.3) is 0 Å². The van der Waals surface area contributed by atoms with Gasteiger partial charge in [0.25, 0.3) is 0 Å². The monoisotopic (exact) mass is 281 g/mol. The Balaban J connectivity index is 1.85. The van der Waals surface area contributed by atoms with Crippen molar-refractivity contribution >= 4 is 0 Å². The number of ether oxygens (including phenoxy) is 1. The van der Waals surface area contributed by atoms with Crippen LogP contribution in [-0.2, 0) is 4.74 Å². The van der Waals surface area contributed by atoms with E-state index in [1.165, 1.54) is 11.1 Å². The first-order valence-electron chi connectivity index (χ1n) is 7.70. The lowest BCUT2D eigenvalue weighted by Gasteiger charge is -2.51. The van der Waals surface area contributed by atoms with Crippen LogP contribution in [0.3, 0.4) is 0 Å². The zero-order valence-corrected chi connectivity index (χ0v) is 12.8. The molecule has 1 aliphatic rings. The molecule has 0 bridgehead atoms. The van der Waals surface area contributed by atoms with Crippen LogP contribution in [0.5, 0.6) is 0 Å². The van der Waals surface area contributed by atoms with E-state index in [4.69, 9.17) is 4.74 Å². The van der Waals surface area contributed by atoms with E-state index in [2.05, 4.69) is 79.4 Å². The average molecular weight is 281 g/mol. The highest BCUT2D eigenvalue weighted by Gasteiger charge is 2.43. The van der Waals surface area contributed by atoms with Crippen molar-refractivity contribution in [1.82, 2.24) is 4.90 Å². The Labute approximate surface area is 127 Å². The van der Waals surface area contributed by atoms with Crippen molar-refractivity contribution in [2.24, 2.45) is 0 Å². The highest BCUT2D eigenvalue weighted by molar-refractivity contribution is 5.32. The highest BCUT2D eigenvalue weighted by atomic mass is 16.5. The lowest BCUT2D eigenvalue weighted by molar-refractivity contribution is -0.138. The first-order valence-corrected chi connectivity index (χ1v) is 7.70. The van der Waals surface area contributed by atoms with Crippen molar-refractivity contribution in [3.63, 3.8) is 0 Å². The third-order valence-corrected chi connectivity index (χ3v) is 4.16. The number of hydrogen-bond acceptors (Lipinski definition) is 2. The zero-order chi connectivity index (χ0) is 14.7. The van der Waals surface area contributed by atoms with Gasteiger partial charge in [-0.15, -0.1) is 0 Å². The van der Waals surface area contributed by atoms with E-state index in [0.717, 1.165) is 19.7 Å². The number of nitrogens with zero attached hydrogens (tertiary/aromatic N) is 1.